The van der Waals surface area contributed by atoms with Crippen molar-refractivity contribution in [2.24, 2.45) is 0 Å². The highest BCUT2D eigenvalue weighted by Gasteiger charge is 2.05. The summed E-state index contributed by atoms with van der Waals surface area (Å²) in [6.45, 7) is 0.210. The number of ether oxygens (including phenoxy) is 1. The van der Waals surface area contributed by atoms with Crippen LogP contribution in [0.3, 0.4) is 0 Å². The zero-order valence-electron chi connectivity index (χ0n) is 9.69. The fourth-order valence-electron chi connectivity index (χ4n) is 1.60. The highest BCUT2D eigenvalue weighted by molar-refractivity contribution is 6.17. The van der Waals surface area contributed by atoms with Gasteiger partial charge in [-0.15, -0.1) is 11.6 Å². The van der Waals surface area contributed by atoms with Crippen molar-refractivity contribution in [1.82, 2.24) is 0 Å². The SMILES string of the molecule is O=c1cc(CO)oc2cc(OCCCCl)ccc12. The average molecular weight is 269 g/mol. The minimum atomic E-state index is -0.303. The molecule has 1 N–H and O–H groups in total. The van der Waals surface area contributed by atoms with Crippen LogP contribution in [0.25, 0.3) is 11.0 Å². The van der Waals surface area contributed by atoms with Gasteiger partial charge in [-0.05, 0) is 18.6 Å². The van der Waals surface area contributed by atoms with E-state index in [0.717, 1.165) is 6.42 Å². The second-order valence-corrected chi connectivity index (χ2v) is 4.16. The predicted molar refractivity (Wildman–Crippen MR) is 69.2 cm³/mol. The second-order valence-electron chi connectivity index (χ2n) is 3.78. The summed E-state index contributed by atoms with van der Waals surface area (Å²) < 4.78 is 10.8. The smallest absolute Gasteiger partial charge is 0.193 e. The Hall–Kier alpha value is -1.52. The molecule has 0 amide bonds. The van der Waals surface area contributed by atoms with Crippen molar-refractivity contribution in [2.75, 3.05) is 12.5 Å². The van der Waals surface area contributed by atoms with Crippen molar-refractivity contribution < 1.29 is 14.3 Å². The third-order valence-corrected chi connectivity index (χ3v) is 2.72. The molecule has 1 heterocycles. The average Bonchev–Trinajstić information content (AvgIpc) is 2.38. The molecule has 0 saturated carbocycles. The minimum absolute atomic E-state index is 0.174. The molecule has 0 aliphatic heterocycles. The summed E-state index contributed by atoms with van der Waals surface area (Å²) in [6.07, 6.45) is 0.750. The number of hydrogen-bond acceptors (Lipinski definition) is 4. The fraction of sp³-hybridized carbons (Fsp3) is 0.308. The van der Waals surface area contributed by atoms with Crippen LogP contribution in [0.1, 0.15) is 12.2 Å². The van der Waals surface area contributed by atoms with Gasteiger partial charge in [0.05, 0.1) is 12.0 Å². The van der Waals surface area contributed by atoms with E-state index in [0.29, 0.717) is 29.2 Å². The maximum absolute atomic E-state index is 11.7. The van der Waals surface area contributed by atoms with E-state index in [2.05, 4.69) is 0 Å². The van der Waals surface area contributed by atoms with Gasteiger partial charge >= 0.3 is 0 Å². The van der Waals surface area contributed by atoms with E-state index in [1.165, 1.54) is 6.07 Å². The van der Waals surface area contributed by atoms with Gasteiger partial charge in [0, 0.05) is 18.0 Å². The standard InChI is InChI=1S/C13H13ClO4/c14-4-1-5-17-9-2-3-11-12(16)6-10(8-15)18-13(11)7-9/h2-3,6-7,15H,1,4-5,8H2. The number of aliphatic hydroxyl groups excluding tert-OH is 1. The molecule has 0 bridgehead atoms. The normalized spacial score (nSPS) is 10.8. The van der Waals surface area contributed by atoms with Gasteiger partial charge in [0.1, 0.15) is 23.7 Å². The van der Waals surface area contributed by atoms with Gasteiger partial charge in [-0.3, -0.25) is 4.79 Å². The van der Waals surface area contributed by atoms with Crippen molar-refractivity contribution in [3.63, 3.8) is 0 Å². The molecule has 0 fully saturated rings. The molecule has 0 spiro atoms. The molecule has 18 heavy (non-hydrogen) atoms. The number of benzene rings is 1. The first-order valence-electron chi connectivity index (χ1n) is 5.61. The number of rotatable bonds is 5. The first-order chi connectivity index (χ1) is 8.74. The monoisotopic (exact) mass is 268 g/mol. The topological polar surface area (TPSA) is 59.7 Å². The van der Waals surface area contributed by atoms with Crippen LogP contribution in [-0.4, -0.2) is 17.6 Å². The van der Waals surface area contributed by atoms with E-state index in [1.54, 1.807) is 18.2 Å². The second kappa shape index (κ2) is 5.89. The van der Waals surface area contributed by atoms with Gasteiger partial charge in [0.15, 0.2) is 5.43 Å². The molecule has 0 unspecified atom stereocenters. The molecule has 0 atom stereocenters. The number of fused-ring (bicyclic) bond motifs is 1. The quantitative estimate of drug-likeness (QED) is 0.668. The van der Waals surface area contributed by atoms with Crippen LogP contribution in [0, 0.1) is 0 Å². The van der Waals surface area contributed by atoms with Gasteiger partial charge in [0.2, 0.25) is 0 Å². The molecule has 1 aromatic carbocycles. The van der Waals surface area contributed by atoms with Gasteiger partial charge < -0.3 is 14.3 Å². The summed E-state index contributed by atoms with van der Waals surface area (Å²) in [5.74, 6) is 1.40. The lowest BCUT2D eigenvalue weighted by Gasteiger charge is -2.06. The summed E-state index contributed by atoms with van der Waals surface area (Å²) >= 11 is 5.56. The Balaban J connectivity index is 2.34. The molecular formula is C13H13ClO4. The fourth-order valence-corrected chi connectivity index (χ4v) is 1.71. The van der Waals surface area contributed by atoms with Crippen molar-refractivity contribution in [2.45, 2.75) is 13.0 Å². The number of aliphatic hydroxyl groups is 1. The van der Waals surface area contributed by atoms with E-state index in [9.17, 15) is 4.79 Å². The number of alkyl halides is 1. The molecule has 0 aliphatic carbocycles. The first-order valence-corrected chi connectivity index (χ1v) is 6.14. The Morgan fingerprint density at radius 3 is 2.89 bits per heavy atom. The Kier molecular flexibility index (Phi) is 4.23. The van der Waals surface area contributed by atoms with E-state index >= 15 is 0 Å². The molecule has 1 aromatic heterocycles. The summed E-state index contributed by atoms with van der Waals surface area (Å²) in [5.41, 5.74) is 0.238. The number of hydrogen-bond donors (Lipinski definition) is 1. The summed E-state index contributed by atoms with van der Waals surface area (Å²) in [5, 5.41) is 9.45. The zero-order chi connectivity index (χ0) is 13.0. The van der Waals surface area contributed by atoms with E-state index in [1.807, 2.05) is 0 Å². The Bertz CT molecular complexity index is 591. The van der Waals surface area contributed by atoms with E-state index in [-0.39, 0.29) is 17.8 Å². The van der Waals surface area contributed by atoms with Crippen LogP contribution >= 0.6 is 11.6 Å². The van der Waals surface area contributed by atoms with Gasteiger partial charge in [0.25, 0.3) is 0 Å². The highest BCUT2D eigenvalue weighted by atomic mass is 35.5. The van der Waals surface area contributed by atoms with Crippen LogP contribution < -0.4 is 10.2 Å². The van der Waals surface area contributed by atoms with E-state index in [4.69, 9.17) is 25.9 Å². The van der Waals surface area contributed by atoms with E-state index < -0.39 is 0 Å². The third-order valence-electron chi connectivity index (χ3n) is 2.45. The summed E-state index contributed by atoms with van der Waals surface area (Å²) in [7, 11) is 0. The Morgan fingerprint density at radius 1 is 1.33 bits per heavy atom. The maximum atomic E-state index is 11.7. The van der Waals surface area contributed by atoms with Crippen LogP contribution in [0.5, 0.6) is 5.75 Å². The van der Waals surface area contributed by atoms with Crippen molar-refractivity contribution in [3.8, 4) is 5.75 Å². The Labute approximate surface area is 109 Å². The Morgan fingerprint density at radius 2 is 2.17 bits per heavy atom. The molecule has 5 heteroatoms. The molecular weight excluding hydrogens is 256 g/mol. The number of halogens is 1. The zero-order valence-corrected chi connectivity index (χ0v) is 10.4. The highest BCUT2D eigenvalue weighted by Crippen LogP contribution is 2.19. The van der Waals surface area contributed by atoms with Crippen LogP contribution in [0.4, 0.5) is 0 Å². The molecule has 96 valence electrons. The molecule has 0 radical (unpaired) electrons. The van der Waals surface area contributed by atoms with Crippen LogP contribution in [-0.2, 0) is 6.61 Å². The lowest BCUT2D eigenvalue weighted by atomic mass is 10.2. The third kappa shape index (κ3) is 2.83. The molecule has 2 rings (SSSR count). The summed E-state index contributed by atoms with van der Waals surface area (Å²) in [6, 6.07) is 6.30. The van der Waals surface area contributed by atoms with Crippen molar-refractivity contribution >= 4 is 22.6 Å². The van der Waals surface area contributed by atoms with Crippen LogP contribution in [0.2, 0.25) is 0 Å². The van der Waals surface area contributed by atoms with Crippen molar-refractivity contribution in [3.05, 3.63) is 40.2 Å². The minimum Gasteiger partial charge on any atom is -0.493 e. The lowest BCUT2D eigenvalue weighted by Crippen LogP contribution is -2.03. The predicted octanol–water partition coefficient (Wildman–Crippen LogP) is 2.29. The molecule has 0 saturated heterocycles. The molecule has 4 nitrogen and oxygen atoms in total. The van der Waals surface area contributed by atoms with Crippen LogP contribution in [0.15, 0.2) is 33.5 Å². The maximum Gasteiger partial charge on any atom is 0.193 e. The lowest BCUT2D eigenvalue weighted by molar-refractivity contribution is 0.248. The molecule has 0 aliphatic rings. The summed E-state index contributed by atoms with van der Waals surface area (Å²) in [4.78, 5) is 11.7. The van der Waals surface area contributed by atoms with Gasteiger partial charge in [-0.25, -0.2) is 0 Å². The first kappa shape index (κ1) is 12.9. The molecule has 2 aromatic rings. The van der Waals surface area contributed by atoms with Gasteiger partial charge in [-0.2, -0.15) is 0 Å². The van der Waals surface area contributed by atoms with Crippen molar-refractivity contribution in [1.29, 1.82) is 0 Å². The van der Waals surface area contributed by atoms with Gasteiger partial charge in [-0.1, -0.05) is 0 Å². The largest absolute Gasteiger partial charge is 0.493 e.